The number of pyridine rings is 1. The second kappa shape index (κ2) is 8.60. The van der Waals surface area contributed by atoms with Crippen LogP contribution < -0.4 is 15.5 Å². The Hall–Kier alpha value is -3.95. The quantitative estimate of drug-likeness (QED) is 0.294. The third-order valence-corrected chi connectivity index (χ3v) is 4.62. The number of hydrogen-bond donors (Lipinski definition) is 2. The van der Waals surface area contributed by atoms with Crippen molar-refractivity contribution in [2.45, 2.75) is 25.3 Å². The van der Waals surface area contributed by atoms with Crippen LogP contribution in [0.4, 0.5) is 4.79 Å². The minimum Gasteiger partial charge on any atom is -0.618 e. The van der Waals surface area contributed by atoms with Gasteiger partial charge in [0, 0.05) is 12.1 Å². The maximum absolute atomic E-state index is 12.7. The van der Waals surface area contributed by atoms with E-state index in [1.165, 1.54) is 18.2 Å². The third-order valence-electron chi connectivity index (χ3n) is 4.62. The van der Waals surface area contributed by atoms with Crippen molar-refractivity contribution in [3.8, 4) is 0 Å². The van der Waals surface area contributed by atoms with E-state index in [1.54, 1.807) is 6.92 Å². The lowest BCUT2D eigenvalue weighted by atomic mass is 9.93. The zero-order valence-corrected chi connectivity index (χ0v) is 16.2. The molecule has 30 heavy (non-hydrogen) atoms. The molecule has 1 atom stereocenters. The van der Waals surface area contributed by atoms with Crippen molar-refractivity contribution in [3.63, 3.8) is 0 Å². The summed E-state index contributed by atoms with van der Waals surface area (Å²) >= 11 is 0. The van der Waals surface area contributed by atoms with E-state index >= 15 is 0 Å². The normalized spacial score (nSPS) is 18.1. The first-order chi connectivity index (χ1) is 14.3. The van der Waals surface area contributed by atoms with Gasteiger partial charge in [-0.1, -0.05) is 30.3 Å². The van der Waals surface area contributed by atoms with E-state index in [0.29, 0.717) is 22.6 Å². The van der Waals surface area contributed by atoms with Gasteiger partial charge in [-0.2, -0.15) is 9.74 Å². The van der Waals surface area contributed by atoms with Crippen LogP contribution in [0.1, 0.15) is 29.4 Å². The first-order valence-corrected chi connectivity index (χ1v) is 9.15. The molecule has 2 aromatic rings. The van der Waals surface area contributed by atoms with E-state index in [-0.39, 0.29) is 5.69 Å². The maximum atomic E-state index is 12.7. The fraction of sp³-hybridized carbons (Fsp3) is 0.250. The van der Waals surface area contributed by atoms with Gasteiger partial charge in [-0.25, -0.2) is 9.59 Å². The van der Waals surface area contributed by atoms with Crippen molar-refractivity contribution in [2.75, 3.05) is 6.61 Å². The number of hydrazine groups is 1. The number of ether oxygens (including phenoxy) is 1. The maximum Gasteiger partial charge on any atom is 0.405 e. The number of nitrogens with one attached hydrogen (secondary N) is 2. The molecule has 1 aromatic carbocycles. The fourth-order valence-electron chi connectivity index (χ4n) is 2.94. The van der Waals surface area contributed by atoms with E-state index < -0.39 is 36.0 Å². The molecule has 1 aromatic heterocycles. The molecule has 0 unspecified atom stereocenters. The summed E-state index contributed by atoms with van der Waals surface area (Å²) < 4.78 is 5.07. The lowest BCUT2D eigenvalue weighted by molar-refractivity contribution is -0.608. The van der Waals surface area contributed by atoms with Crippen LogP contribution in [0, 0.1) is 5.21 Å². The molecule has 10 heteroatoms. The Bertz CT molecular complexity index is 980. The van der Waals surface area contributed by atoms with Gasteiger partial charge in [0.1, 0.15) is 5.54 Å². The number of benzene rings is 1. The zero-order chi connectivity index (χ0) is 21.7. The molecule has 1 fully saturated rings. The molecule has 0 bridgehead atoms. The van der Waals surface area contributed by atoms with Crippen LogP contribution in [-0.4, -0.2) is 41.0 Å². The number of aryl methyl sites for hydroxylation is 1. The number of esters is 1. The molecule has 10 nitrogen and oxygen atoms in total. The van der Waals surface area contributed by atoms with E-state index in [2.05, 4.69) is 10.7 Å². The zero-order valence-electron chi connectivity index (χ0n) is 16.2. The minimum absolute atomic E-state index is 0.297. The highest BCUT2D eigenvalue weighted by molar-refractivity contribution is 6.07. The highest BCUT2D eigenvalue weighted by Gasteiger charge is 2.48. The summed E-state index contributed by atoms with van der Waals surface area (Å²) in [5.41, 5.74) is 1.65. The molecular weight excluding hydrogens is 392 g/mol. The number of nitrogens with zero attached hydrogens (tertiary/aromatic N) is 2. The Labute approximate surface area is 172 Å². The van der Waals surface area contributed by atoms with Gasteiger partial charge in [0.25, 0.3) is 11.8 Å². The molecule has 3 rings (SSSR count). The molecular formula is C20H20N4O6. The lowest BCUT2D eigenvalue weighted by Gasteiger charge is -2.21. The van der Waals surface area contributed by atoms with Gasteiger partial charge in [0.05, 0.1) is 0 Å². The standard InChI is InChI=1S/C20H20N4O6/c1-20(11-10-14-7-3-2-4-8-14)18(27)24(19(28)21-20)22-16(25)13-30-17(26)15-9-5-6-12-23(15)29/h2-9,12H,10-11,13H2,1H3,(H,21,28)(H,22,25)/t20-/m1/s1. The van der Waals surface area contributed by atoms with Crippen molar-refractivity contribution >= 4 is 23.8 Å². The number of urea groups is 1. The van der Waals surface area contributed by atoms with Crippen LogP contribution in [0.3, 0.4) is 0 Å². The van der Waals surface area contributed by atoms with E-state index in [0.717, 1.165) is 11.8 Å². The number of amides is 4. The molecule has 0 aliphatic carbocycles. The predicted molar refractivity (Wildman–Crippen MR) is 102 cm³/mol. The number of imide groups is 1. The average molecular weight is 412 g/mol. The molecule has 0 spiro atoms. The first-order valence-electron chi connectivity index (χ1n) is 9.15. The Morgan fingerprint density at radius 1 is 1.17 bits per heavy atom. The van der Waals surface area contributed by atoms with Crippen molar-refractivity contribution in [3.05, 3.63) is 71.2 Å². The number of rotatable bonds is 7. The Kier molecular flexibility index (Phi) is 5.95. The fourth-order valence-corrected chi connectivity index (χ4v) is 2.94. The van der Waals surface area contributed by atoms with Crippen LogP contribution in [0.5, 0.6) is 0 Å². The summed E-state index contributed by atoms with van der Waals surface area (Å²) in [6.45, 7) is 0.802. The second-order valence-electron chi connectivity index (χ2n) is 6.91. The molecule has 4 amide bonds. The lowest BCUT2D eigenvalue weighted by Crippen LogP contribution is -2.50. The largest absolute Gasteiger partial charge is 0.618 e. The molecule has 2 N–H and O–H groups in total. The van der Waals surface area contributed by atoms with Crippen LogP contribution in [0.15, 0.2) is 54.7 Å². The summed E-state index contributed by atoms with van der Waals surface area (Å²) in [6, 6.07) is 12.8. The van der Waals surface area contributed by atoms with Gasteiger partial charge in [-0.05, 0) is 31.4 Å². The van der Waals surface area contributed by atoms with Gasteiger partial charge in [-0.3, -0.25) is 15.0 Å². The molecule has 1 saturated heterocycles. The van der Waals surface area contributed by atoms with Gasteiger partial charge < -0.3 is 15.3 Å². The molecule has 0 radical (unpaired) electrons. The Morgan fingerprint density at radius 3 is 2.57 bits per heavy atom. The number of hydrogen-bond acceptors (Lipinski definition) is 6. The van der Waals surface area contributed by atoms with E-state index in [4.69, 9.17) is 4.74 Å². The van der Waals surface area contributed by atoms with Crippen LogP contribution in [0.2, 0.25) is 0 Å². The molecule has 1 aliphatic rings. The Balaban J connectivity index is 1.55. The second-order valence-corrected chi connectivity index (χ2v) is 6.91. The topological polar surface area (TPSA) is 132 Å². The highest BCUT2D eigenvalue weighted by Crippen LogP contribution is 2.22. The van der Waals surface area contributed by atoms with Crippen LogP contribution in [-0.2, 0) is 20.7 Å². The summed E-state index contributed by atoms with van der Waals surface area (Å²) in [5, 5.41) is 14.7. The molecule has 156 valence electrons. The Morgan fingerprint density at radius 2 is 1.87 bits per heavy atom. The highest BCUT2D eigenvalue weighted by atomic mass is 16.5. The molecule has 0 saturated carbocycles. The number of carbonyl (C=O) groups is 4. The van der Waals surface area contributed by atoms with Crippen molar-refractivity contribution in [2.24, 2.45) is 0 Å². The van der Waals surface area contributed by atoms with Crippen LogP contribution >= 0.6 is 0 Å². The van der Waals surface area contributed by atoms with Gasteiger partial charge in [-0.15, -0.1) is 0 Å². The first kappa shape index (κ1) is 20.8. The van der Waals surface area contributed by atoms with Gasteiger partial charge in [0.2, 0.25) is 0 Å². The predicted octanol–water partition coefficient (Wildman–Crippen LogP) is 0.451. The van der Waals surface area contributed by atoms with Crippen LogP contribution in [0.25, 0.3) is 0 Å². The van der Waals surface area contributed by atoms with Crippen molar-refractivity contribution in [1.29, 1.82) is 0 Å². The summed E-state index contributed by atoms with van der Waals surface area (Å²) in [6.07, 6.45) is 2.00. The third kappa shape index (κ3) is 4.54. The monoisotopic (exact) mass is 412 g/mol. The van der Waals surface area contributed by atoms with Gasteiger partial charge >= 0.3 is 17.7 Å². The van der Waals surface area contributed by atoms with Gasteiger partial charge in [0.15, 0.2) is 12.8 Å². The van der Waals surface area contributed by atoms with Crippen molar-refractivity contribution < 1.29 is 28.6 Å². The summed E-state index contributed by atoms with van der Waals surface area (Å²) in [5.74, 6) is -2.53. The average Bonchev–Trinajstić information content (AvgIpc) is 2.95. The van der Waals surface area contributed by atoms with E-state index in [1.807, 2.05) is 30.3 Å². The van der Waals surface area contributed by atoms with E-state index in [9.17, 15) is 24.4 Å². The smallest absolute Gasteiger partial charge is 0.405 e. The minimum atomic E-state index is -1.19. The summed E-state index contributed by atoms with van der Waals surface area (Å²) in [7, 11) is 0. The summed E-state index contributed by atoms with van der Waals surface area (Å²) in [4.78, 5) is 48.8. The number of carbonyl (C=O) groups excluding carboxylic acids is 4. The van der Waals surface area contributed by atoms with Crippen molar-refractivity contribution in [1.82, 2.24) is 15.8 Å². The SMILES string of the molecule is C[C@]1(CCc2ccccc2)NC(=O)N(NC(=O)COC(=O)c2cccc[n+]2[O-])C1=O. The molecule has 1 aliphatic heterocycles. The number of aromatic nitrogens is 1. The molecule has 2 heterocycles.